The third kappa shape index (κ3) is 2.44. The van der Waals surface area contributed by atoms with Crippen molar-refractivity contribution in [1.82, 2.24) is 4.98 Å². The van der Waals surface area contributed by atoms with Gasteiger partial charge in [-0.1, -0.05) is 18.6 Å². The molecule has 2 aromatic rings. The van der Waals surface area contributed by atoms with Crippen LogP contribution < -0.4 is 5.32 Å². The van der Waals surface area contributed by atoms with E-state index in [9.17, 15) is 0 Å². The van der Waals surface area contributed by atoms with E-state index in [0.717, 1.165) is 13.0 Å². The van der Waals surface area contributed by atoms with Gasteiger partial charge in [0, 0.05) is 29.2 Å². The van der Waals surface area contributed by atoms with Crippen molar-refractivity contribution in [3.63, 3.8) is 0 Å². The average Bonchev–Trinajstić information content (AvgIpc) is 3.20. The lowest BCUT2D eigenvalue weighted by atomic mass is 10.0. The smallest absolute Gasteiger partial charge is 0.0755 e. The number of nitrogens with one attached hydrogen (secondary N) is 1. The minimum Gasteiger partial charge on any atom is -0.384 e. The molecule has 1 heterocycles. The number of aryl methyl sites for hydroxylation is 2. The molecule has 1 fully saturated rings. The molecule has 0 unspecified atom stereocenters. The van der Waals surface area contributed by atoms with Crippen LogP contribution in [0.25, 0.3) is 10.9 Å². The van der Waals surface area contributed by atoms with Crippen LogP contribution in [0.2, 0.25) is 0 Å². The summed E-state index contributed by atoms with van der Waals surface area (Å²) in [4.78, 5) is 4.91. The molecule has 100 valence electrons. The molecule has 1 aromatic carbocycles. The van der Waals surface area contributed by atoms with Gasteiger partial charge in [-0.25, -0.2) is 0 Å². The number of anilines is 1. The van der Waals surface area contributed by atoms with E-state index < -0.39 is 0 Å². The van der Waals surface area contributed by atoms with Crippen molar-refractivity contribution in [2.45, 2.75) is 46.0 Å². The maximum Gasteiger partial charge on any atom is 0.0755 e. The molecule has 1 aliphatic carbocycles. The summed E-state index contributed by atoms with van der Waals surface area (Å²) in [6, 6.07) is 6.76. The van der Waals surface area contributed by atoms with E-state index in [0.29, 0.717) is 5.92 Å². The SMILES string of the molecule is CCCNc1cc(C2CC2)nc2c(C)cc(C)cc12. The number of nitrogens with zero attached hydrogens (tertiary/aromatic N) is 1. The Bertz CT molecular complexity index is 612. The molecule has 0 amide bonds. The van der Waals surface area contributed by atoms with Gasteiger partial charge in [-0.15, -0.1) is 0 Å². The molecule has 0 bridgehead atoms. The van der Waals surface area contributed by atoms with E-state index in [2.05, 4.69) is 44.3 Å². The van der Waals surface area contributed by atoms with Crippen LogP contribution in [0.5, 0.6) is 0 Å². The highest BCUT2D eigenvalue weighted by atomic mass is 14.9. The Balaban J connectivity index is 2.17. The van der Waals surface area contributed by atoms with Crippen molar-refractivity contribution in [3.05, 3.63) is 35.0 Å². The lowest BCUT2D eigenvalue weighted by molar-refractivity contribution is 0.976. The third-order valence-electron chi connectivity index (χ3n) is 3.83. The molecule has 1 saturated carbocycles. The molecule has 3 rings (SSSR count). The molecule has 19 heavy (non-hydrogen) atoms. The molecule has 1 N–H and O–H groups in total. The Morgan fingerprint density at radius 1 is 1.21 bits per heavy atom. The van der Waals surface area contributed by atoms with Crippen LogP contribution in [-0.4, -0.2) is 11.5 Å². The summed E-state index contributed by atoms with van der Waals surface area (Å²) in [5.41, 5.74) is 6.31. The van der Waals surface area contributed by atoms with E-state index in [1.54, 1.807) is 0 Å². The van der Waals surface area contributed by atoms with Gasteiger partial charge in [0.25, 0.3) is 0 Å². The lowest BCUT2D eigenvalue weighted by Crippen LogP contribution is -2.03. The first-order valence-corrected chi connectivity index (χ1v) is 7.35. The number of hydrogen-bond acceptors (Lipinski definition) is 2. The van der Waals surface area contributed by atoms with Crippen LogP contribution in [0.15, 0.2) is 18.2 Å². The maximum atomic E-state index is 4.91. The Hall–Kier alpha value is -1.57. The lowest BCUT2D eigenvalue weighted by Gasteiger charge is -2.13. The zero-order chi connectivity index (χ0) is 13.4. The number of hydrogen-bond donors (Lipinski definition) is 1. The summed E-state index contributed by atoms with van der Waals surface area (Å²) in [5, 5.41) is 4.85. The van der Waals surface area contributed by atoms with E-state index in [1.165, 1.54) is 46.3 Å². The zero-order valence-electron chi connectivity index (χ0n) is 12.1. The zero-order valence-corrected chi connectivity index (χ0v) is 12.1. The molecule has 1 aromatic heterocycles. The average molecular weight is 254 g/mol. The van der Waals surface area contributed by atoms with Gasteiger partial charge in [0.15, 0.2) is 0 Å². The fourth-order valence-corrected chi connectivity index (χ4v) is 2.69. The van der Waals surface area contributed by atoms with Crippen LogP contribution in [-0.2, 0) is 0 Å². The summed E-state index contributed by atoms with van der Waals surface area (Å²) in [6.07, 6.45) is 3.75. The quantitative estimate of drug-likeness (QED) is 0.865. The number of fused-ring (bicyclic) bond motifs is 1. The molecular weight excluding hydrogens is 232 g/mol. The number of pyridine rings is 1. The van der Waals surface area contributed by atoms with Crippen LogP contribution in [0, 0.1) is 13.8 Å². The van der Waals surface area contributed by atoms with Gasteiger partial charge in [-0.05, 0) is 50.8 Å². The highest BCUT2D eigenvalue weighted by Gasteiger charge is 2.26. The standard InChI is InChI=1S/C17H22N2/c1-4-7-18-16-10-15(13-5-6-13)19-17-12(3)8-11(2)9-14(16)17/h8-10,13H,4-7H2,1-3H3,(H,18,19). The van der Waals surface area contributed by atoms with E-state index in [-0.39, 0.29) is 0 Å². The monoisotopic (exact) mass is 254 g/mol. The highest BCUT2D eigenvalue weighted by Crippen LogP contribution is 2.41. The summed E-state index contributed by atoms with van der Waals surface area (Å²) in [7, 11) is 0. The van der Waals surface area contributed by atoms with Crippen molar-refractivity contribution in [1.29, 1.82) is 0 Å². The van der Waals surface area contributed by atoms with E-state index in [4.69, 9.17) is 4.98 Å². The predicted molar refractivity (Wildman–Crippen MR) is 82.0 cm³/mol. The second kappa shape index (κ2) is 4.84. The van der Waals surface area contributed by atoms with Crippen molar-refractivity contribution in [2.24, 2.45) is 0 Å². The van der Waals surface area contributed by atoms with Gasteiger partial charge < -0.3 is 5.32 Å². The summed E-state index contributed by atoms with van der Waals surface area (Å²) >= 11 is 0. The van der Waals surface area contributed by atoms with E-state index in [1.807, 2.05) is 0 Å². The van der Waals surface area contributed by atoms with E-state index >= 15 is 0 Å². The maximum absolute atomic E-state index is 4.91. The molecule has 0 atom stereocenters. The summed E-state index contributed by atoms with van der Waals surface area (Å²) in [5.74, 6) is 0.701. The van der Waals surface area contributed by atoms with Crippen molar-refractivity contribution < 1.29 is 0 Å². The predicted octanol–water partition coefficient (Wildman–Crippen LogP) is 4.55. The fourth-order valence-electron chi connectivity index (χ4n) is 2.69. The first kappa shape index (κ1) is 12.5. The summed E-state index contributed by atoms with van der Waals surface area (Å²) < 4.78 is 0. The number of rotatable bonds is 4. The Kier molecular flexibility index (Phi) is 3.17. The van der Waals surface area contributed by atoms with Crippen LogP contribution in [0.3, 0.4) is 0 Å². The van der Waals surface area contributed by atoms with Gasteiger partial charge in [0.2, 0.25) is 0 Å². The largest absolute Gasteiger partial charge is 0.384 e. The first-order chi connectivity index (χ1) is 9.19. The second-order valence-electron chi connectivity index (χ2n) is 5.77. The van der Waals surface area contributed by atoms with Gasteiger partial charge in [-0.3, -0.25) is 4.98 Å². The van der Waals surface area contributed by atoms with Crippen molar-refractivity contribution in [2.75, 3.05) is 11.9 Å². The molecule has 1 aliphatic rings. The molecule has 2 nitrogen and oxygen atoms in total. The summed E-state index contributed by atoms with van der Waals surface area (Å²) in [6.45, 7) is 7.55. The Morgan fingerprint density at radius 3 is 2.68 bits per heavy atom. The highest BCUT2D eigenvalue weighted by molar-refractivity contribution is 5.94. The molecular formula is C17H22N2. The van der Waals surface area contributed by atoms with Crippen LogP contribution >= 0.6 is 0 Å². The van der Waals surface area contributed by atoms with Gasteiger partial charge >= 0.3 is 0 Å². The third-order valence-corrected chi connectivity index (χ3v) is 3.83. The Labute approximate surface area is 115 Å². The molecule has 0 aliphatic heterocycles. The van der Waals surface area contributed by atoms with Gasteiger partial charge in [0.1, 0.15) is 0 Å². The first-order valence-electron chi connectivity index (χ1n) is 7.35. The number of aromatic nitrogens is 1. The van der Waals surface area contributed by atoms with Crippen molar-refractivity contribution >= 4 is 16.6 Å². The minimum absolute atomic E-state index is 0.701. The second-order valence-corrected chi connectivity index (χ2v) is 5.77. The molecule has 0 radical (unpaired) electrons. The molecule has 2 heteroatoms. The Morgan fingerprint density at radius 2 is 2.00 bits per heavy atom. The normalized spacial score (nSPS) is 14.9. The minimum atomic E-state index is 0.701. The van der Waals surface area contributed by atoms with Gasteiger partial charge in [0.05, 0.1) is 5.52 Å². The van der Waals surface area contributed by atoms with Gasteiger partial charge in [-0.2, -0.15) is 0 Å². The topological polar surface area (TPSA) is 24.9 Å². The van der Waals surface area contributed by atoms with Crippen molar-refractivity contribution in [3.8, 4) is 0 Å². The fraction of sp³-hybridized carbons (Fsp3) is 0.471. The molecule has 0 spiro atoms. The van der Waals surface area contributed by atoms with Crippen LogP contribution in [0.4, 0.5) is 5.69 Å². The van der Waals surface area contributed by atoms with Crippen LogP contribution in [0.1, 0.15) is 48.9 Å². The number of benzene rings is 1. The molecule has 0 saturated heterocycles.